The fraction of sp³-hybridized carbons (Fsp3) is 0.107. The quantitative estimate of drug-likeness (QED) is 0.169. The third kappa shape index (κ3) is 5.42. The standard InChI is InChI=1S/C56H43N3/c1-55(2)44-24-11-8-21-41(44)51-46(55)26-15-29-49(51)59(50-30-16-27-47-52(50)42-22-9-12-25-45(42)56(47,3)4)40-20-14-19-39(35-40)53-43-23-10-13-28-48(43)57-54(58-53)38-33-31-37(32-34-38)36-17-6-5-7-18-36/h5-35H,1-4H3. The SMILES string of the molecule is CC1(C)c2ccccc2-c2c(N(c3cccc(-c4nc(-c5ccc(-c6ccccc6)cc5)nc5ccccc45)c3)c3cccc4c3-c3ccccc3C4(C)C)cccc21. The summed E-state index contributed by atoms with van der Waals surface area (Å²) in [5.41, 5.74) is 19.9. The summed E-state index contributed by atoms with van der Waals surface area (Å²) in [5, 5.41) is 1.02. The molecule has 8 aromatic carbocycles. The Morgan fingerprint density at radius 1 is 0.390 bits per heavy atom. The van der Waals surface area contributed by atoms with Crippen LogP contribution in [0.1, 0.15) is 49.9 Å². The third-order valence-corrected chi connectivity index (χ3v) is 12.9. The molecule has 0 unspecified atom stereocenters. The molecule has 0 aliphatic heterocycles. The maximum Gasteiger partial charge on any atom is 0.160 e. The van der Waals surface area contributed by atoms with Gasteiger partial charge in [0.15, 0.2) is 5.82 Å². The molecule has 0 spiro atoms. The Balaban J connectivity index is 1.13. The molecular formula is C56H43N3. The molecule has 0 atom stereocenters. The van der Waals surface area contributed by atoms with Crippen molar-refractivity contribution in [1.29, 1.82) is 0 Å². The van der Waals surface area contributed by atoms with Gasteiger partial charge in [-0.25, -0.2) is 9.97 Å². The number of rotatable bonds is 6. The van der Waals surface area contributed by atoms with E-state index in [0.29, 0.717) is 5.82 Å². The maximum atomic E-state index is 5.37. The first-order valence-corrected chi connectivity index (χ1v) is 20.6. The monoisotopic (exact) mass is 757 g/mol. The van der Waals surface area contributed by atoms with Gasteiger partial charge in [-0.15, -0.1) is 0 Å². The Morgan fingerprint density at radius 3 is 1.53 bits per heavy atom. The van der Waals surface area contributed by atoms with Gasteiger partial charge in [-0.1, -0.05) is 185 Å². The lowest BCUT2D eigenvalue weighted by atomic mass is 9.82. The number of nitrogens with zero attached hydrogens (tertiary/aromatic N) is 3. The minimum absolute atomic E-state index is 0.141. The minimum atomic E-state index is -0.141. The molecule has 2 aliphatic rings. The predicted octanol–water partition coefficient (Wildman–Crippen LogP) is 14.7. The van der Waals surface area contributed by atoms with Crippen LogP contribution in [0.2, 0.25) is 0 Å². The van der Waals surface area contributed by atoms with Crippen LogP contribution in [-0.4, -0.2) is 9.97 Å². The van der Waals surface area contributed by atoms with Gasteiger partial charge in [-0.3, -0.25) is 0 Å². The fourth-order valence-corrected chi connectivity index (χ4v) is 9.91. The minimum Gasteiger partial charge on any atom is -0.309 e. The van der Waals surface area contributed by atoms with Crippen molar-refractivity contribution in [2.75, 3.05) is 4.90 Å². The smallest absolute Gasteiger partial charge is 0.160 e. The highest BCUT2D eigenvalue weighted by Gasteiger charge is 2.40. The Kier molecular flexibility index (Phi) is 7.87. The van der Waals surface area contributed by atoms with Gasteiger partial charge in [0.1, 0.15) is 0 Å². The van der Waals surface area contributed by atoms with Gasteiger partial charge in [-0.2, -0.15) is 0 Å². The Morgan fingerprint density at radius 2 is 0.881 bits per heavy atom. The number of fused-ring (bicyclic) bond motifs is 7. The van der Waals surface area contributed by atoms with E-state index in [1.807, 2.05) is 0 Å². The highest BCUT2D eigenvalue weighted by Crippen LogP contribution is 2.58. The summed E-state index contributed by atoms with van der Waals surface area (Å²) in [6, 6.07) is 68.1. The van der Waals surface area contributed by atoms with E-state index in [0.717, 1.165) is 33.4 Å². The maximum absolute atomic E-state index is 5.37. The van der Waals surface area contributed by atoms with Crippen molar-refractivity contribution < 1.29 is 0 Å². The summed E-state index contributed by atoms with van der Waals surface area (Å²) >= 11 is 0. The zero-order valence-electron chi connectivity index (χ0n) is 33.7. The van der Waals surface area contributed by atoms with Crippen LogP contribution in [0.4, 0.5) is 17.1 Å². The average molecular weight is 758 g/mol. The van der Waals surface area contributed by atoms with E-state index in [2.05, 4.69) is 221 Å². The van der Waals surface area contributed by atoms with E-state index >= 15 is 0 Å². The number of anilines is 3. The molecule has 0 fully saturated rings. The molecule has 1 heterocycles. The zero-order valence-corrected chi connectivity index (χ0v) is 33.7. The number of benzene rings is 8. The van der Waals surface area contributed by atoms with Crippen molar-refractivity contribution in [3.05, 3.63) is 210 Å². The molecule has 0 bridgehead atoms. The second-order valence-electron chi connectivity index (χ2n) is 17.0. The van der Waals surface area contributed by atoms with E-state index in [-0.39, 0.29) is 10.8 Å². The van der Waals surface area contributed by atoms with Gasteiger partial charge in [-0.05, 0) is 74.8 Å². The summed E-state index contributed by atoms with van der Waals surface area (Å²) < 4.78 is 0. The summed E-state index contributed by atoms with van der Waals surface area (Å²) in [5.74, 6) is 0.708. The van der Waals surface area contributed by atoms with Crippen LogP contribution in [0.15, 0.2) is 188 Å². The van der Waals surface area contributed by atoms with Crippen molar-refractivity contribution in [2.45, 2.75) is 38.5 Å². The largest absolute Gasteiger partial charge is 0.309 e. The summed E-state index contributed by atoms with van der Waals surface area (Å²) in [7, 11) is 0. The molecule has 11 rings (SSSR count). The topological polar surface area (TPSA) is 29.0 Å². The lowest BCUT2D eigenvalue weighted by molar-refractivity contribution is 0.660. The Hall–Kier alpha value is -7.10. The first-order valence-electron chi connectivity index (χ1n) is 20.6. The van der Waals surface area contributed by atoms with Crippen LogP contribution >= 0.6 is 0 Å². The van der Waals surface area contributed by atoms with Gasteiger partial charge in [0.2, 0.25) is 0 Å². The van der Waals surface area contributed by atoms with E-state index in [4.69, 9.17) is 9.97 Å². The number of aromatic nitrogens is 2. The van der Waals surface area contributed by atoms with Gasteiger partial charge in [0.25, 0.3) is 0 Å². The predicted molar refractivity (Wildman–Crippen MR) is 246 cm³/mol. The molecule has 0 radical (unpaired) electrons. The second-order valence-corrected chi connectivity index (χ2v) is 17.0. The molecule has 3 nitrogen and oxygen atoms in total. The van der Waals surface area contributed by atoms with Crippen molar-refractivity contribution in [3.63, 3.8) is 0 Å². The summed E-state index contributed by atoms with van der Waals surface area (Å²) in [4.78, 5) is 13.0. The second kappa shape index (κ2) is 13.2. The van der Waals surface area contributed by atoms with E-state index in [9.17, 15) is 0 Å². The van der Waals surface area contributed by atoms with Crippen LogP contribution in [0.25, 0.3) is 66.9 Å². The highest BCUT2D eigenvalue weighted by atomic mass is 15.1. The van der Waals surface area contributed by atoms with E-state index < -0.39 is 0 Å². The van der Waals surface area contributed by atoms with Crippen LogP contribution < -0.4 is 4.90 Å². The van der Waals surface area contributed by atoms with Gasteiger partial charge < -0.3 is 4.90 Å². The van der Waals surface area contributed by atoms with Gasteiger partial charge in [0.05, 0.1) is 22.6 Å². The van der Waals surface area contributed by atoms with Crippen molar-refractivity contribution in [2.24, 2.45) is 0 Å². The summed E-state index contributed by atoms with van der Waals surface area (Å²) in [6.07, 6.45) is 0. The highest BCUT2D eigenvalue weighted by molar-refractivity contribution is 6.01. The molecule has 9 aromatic rings. The third-order valence-electron chi connectivity index (χ3n) is 12.9. The molecule has 0 amide bonds. The average Bonchev–Trinajstić information content (AvgIpc) is 3.67. The molecular weight excluding hydrogens is 715 g/mol. The molecule has 1 aromatic heterocycles. The molecule has 2 aliphatic carbocycles. The van der Waals surface area contributed by atoms with Crippen molar-refractivity contribution in [1.82, 2.24) is 9.97 Å². The van der Waals surface area contributed by atoms with Crippen molar-refractivity contribution in [3.8, 4) is 56.0 Å². The van der Waals surface area contributed by atoms with Crippen LogP contribution in [-0.2, 0) is 10.8 Å². The normalized spacial score (nSPS) is 14.0. The molecule has 0 saturated heterocycles. The van der Waals surface area contributed by atoms with E-state index in [1.54, 1.807) is 0 Å². The first kappa shape index (κ1) is 35.1. The van der Waals surface area contributed by atoms with Crippen LogP contribution in [0.5, 0.6) is 0 Å². The Labute approximate surface area is 346 Å². The van der Waals surface area contributed by atoms with Gasteiger partial charge in [0, 0.05) is 44.2 Å². The van der Waals surface area contributed by atoms with Crippen LogP contribution in [0.3, 0.4) is 0 Å². The zero-order chi connectivity index (χ0) is 39.9. The Bertz CT molecular complexity index is 3000. The molecule has 59 heavy (non-hydrogen) atoms. The summed E-state index contributed by atoms with van der Waals surface area (Å²) in [6.45, 7) is 9.44. The lowest BCUT2D eigenvalue weighted by Crippen LogP contribution is -2.17. The molecule has 0 N–H and O–H groups in total. The molecule has 3 heteroatoms. The molecule has 0 saturated carbocycles. The number of para-hydroxylation sites is 1. The number of hydrogen-bond donors (Lipinski definition) is 0. The molecule has 282 valence electrons. The van der Waals surface area contributed by atoms with E-state index in [1.165, 1.54) is 67.0 Å². The van der Waals surface area contributed by atoms with Crippen molar-refractivity contribution >= 4 is 28.0 Å². The first-order chi connectivity index (χ1) is 28.8. The lowest BCUT2D eigenvalue weighted by Gasteiger charge is -2.31. The van der Waals surface area contributed by atoms with Gasteiger partial charge >= 0.3 is 0 Å². The fourth-order valence-electron chi connectivity index (χ4n) is 9.91. The van der Waals surface area contributed by atoms with Crippen LogP contribution in [0, 0.1) is 0 Å². The number of hydrogen-bond acceptors (Lipinski definition) is 3.